The molecular formula is C10H11Cl2FO. The van der Waals surface area contributed by atoms with Crippen LogP contribution in [0.25, 0.3) is 0 Å². The molecule has 1 N–H and O–H groups in total. The second kappa shape index (κ2) is 3.95. The van der Waals surface area contributed by atoms with Crippen molar-refractivity contribution in [2.45, 2.75) is 26.7 Å². The zero-order valence-electron chi connectivity index (χ0n) is 8.16. The topological polar surface area (TPSA) is 20.2 Å². The van der Waals surface area contributed by atoms with Crippen molar-refractivity contribution in [3.8, 4) is 5.75 Å². The molecule has 1 aromatic rings. The van der Waals surface area contributed by atoms with E-state index in [2.05, 4.69) is 0 Å². The summed E-state index contributed by atoms with van der Waals surface area (Å²) < 4.78 is 13.4. The maximum Gasteiger partial charge on any atom is 0.148 e. The van der Waals surface area contributed by atoms with Crippen molar-refractivity contribution < 1.29 is 9.50 Å². The van der Waals surface area contributed by atoms with Gasteiger partial charge in [-0.3, -0.25) is 0 Å². The van der Waals surface area contributed by atoms with Gasteiger partial charge in [-0.2, -0.15) is 0 Å². The summed E-state index contributed by atoms with van der Waals surface area (Å²) in [5.74, 6) is -0.856. The standard InChI is InChI=1S/C10H11Cl2FO/c1-4(2)6-7(11)9(13)5(3)10(14)8(6)12/h4,14H,1-3H3. The van der Waals surface area contributed by atoms with E-state index in [1.54, 1.807) is 0 Å². The third-order valence-corrected chi connectivity index (χ3v) is 2.89. The molecule has 14 heavy (non-hydrogen) atoms. The van der Waals surface area contributed by atoms with Gasteiger partial charge in [0, 0.05) is 5.56 Å². The highest BCUT2D eigenvalue weighted by atomic mass is 35.5. The van der Waals surface area contributed by atoms with Gasteiger partial charge in [-0.15, -0.1) is 0 Å². The maximum absolute atomic E-state index is 13.4. The number of rotatable bonds is 1. The van der Waals surface area contributed by atoms with Crippen molar-refractivity contribution >= 4 is 23.2 Å². The predicted octanol–water partition coefficient (Wildman–Crippen LogP) is 4.27. The molecule has 0 fully saturated rings. The Balaban J connectivity index is 3.60. The normalized spacial score (nSPS) is 11.1. The number of hydrogen-bond donors (Lipinski definition) is 1. The predicted molar refractivity (Wildman–Crippen MR) is 56.9 cm³/mol. The van der Waals surface area contributed by atoms with Gasteiger partial charge in [-0.25, -0.2) is 4.39 Å². The molecule has 0 heterocycles. The van der Waals surface area contributed by atoms with Crippen LogP contribution in [0.5, 0.6) is 5.75 Å². The number of phenolic OH excluding ortho intramolecular Hbond substituents is 1. The first-order valence-electron chi connectivity index (χ1n) is 4.23. The van der Waals surface area contributed by atoms with E-state index < -0.39 is 5.82 Å². The summed E-state index contributed by atoms with van der Waals surface area (Å²) in [6, 6.07) is 0. The first kappa shape index (κ1) is 11.6. The first-order valence-corrected chi connectivity index (χ1v) is 4.99. The lowest BCUT2D eigenvalue weighted by molar-refractivity contribution is 0.461. The van der Waals surface area contributed by atoms with Gasteiger partial charge >= 0.3 is 0 Å². The summed E-state index contributed by atoms with van der Waals surface area (Å²) in [6.07, 6.45) is 0. The Bertz CT molecular complexity index is 346. The van der Waals surface area contributed by atoms with E-state index >= 15 is 0 Å². The molecule has 0 saturated heterocycles. The summed E-state index contributed by atoms with van der Waals surface area (Å²) in [5.41, 5.74) is 0.540. The van der Waals surface area contributed by atoms with Gasteiger partial charge in [-0.05, 0) is 18.4 Å². The molecule has 0 aliphatic carbocycles. The van der Waals surface area contributed by atoms with Crippen LogP contribution in [-0.4, -0.2) is 5.11 Å². The molecule has 4 heteroatoms. The number of phenols is 1. The molecule has 0 aromatic heterocycles. The zero-order valence-corrected chi connectivity index (χ0v) is 9.67. The van der Waals surface area contributed by atoms with E-state index in [0.29, 0.717) is 5.56 Å². The van der Waals surface area contributed by atoms with Crippen LogP contribution in [-0.2, 0) is 0 Å². The summed E-state index contributed by atoms with van der Waals surface area (Å²) >= 11 is 11.7. The van der Waals surface area contributed by atoms with Crippen LogP contribution in [0.1, 0.15) is 30.9 Å². The molecule has 78 valence electrons. The highest BCUT2D eigenvalue weighted by Gasteiger charge is 2.21. The summed E-state index contributed by atoms with van der Waals surface area (Å²) in [6.45, 7) is 5.11. The SMILES string of the molecule is Cc1c(O)c(Cl)c(C(C)C)c(Cl)c1F. The molecule has 0 spiro atoms. The number of aromatic hydroxyl groups is 1. The molecule has 0 saturated carbocycles. The van der Waals surface area contributed by atoms with Crippen molar-refractivity contribution in [2.24, 2.45) is 0 Å². The number of benzene rings is 1. The highest BCUT2D eigenvalue weighted by Crippen LogP contribution is 2.41. The van der Waals surface area contributed by atoms with Gasteiger partial charge in [0.15, 0.2) is 0 Å². The highest BCUT2D eigenvalue weighted by molar-refractivity contribution is 6.37. The van der Waals surface area contributed by atoms with Crippen LogP contribution in [0.2, 0.25) is 10.0 Å². The van der Waals surface area contributed by atoms with Crippen molar-refractivity contribution in [1.82, 2.24) is 0 Å². The largest absolute Gasteiger partial charge is 0.506 e. The summed E-state index contributed by atoms with van der Waals surface area (Å²) in [4.78, 5) is 0. The second-order valence-corrected chi connectivity index (χ2v) is 4.24. The van der Waals surface area contributed by atoms with Crippen LogP contribution in [0.3, 0.4) is 0 Å². The Morgan fingerprint density at radius 2 is 1.71 bits per heavy atom. The van der Waals surface area contributed by atoms with Crippen LogP contribution in [0.15, 0.2) is 0 Å². The lowest BCUT2D eigenvalue weighted by Crippen LogP contribution is -1.97. The van der Waals surface area contributed by atoms with E-state index in [9.17, 15) is 9.50 Å². The number of halogens is 3. The molecule has 0 bridgehead atoms. The molecule has 1 rings (SSSR count). The fraction of sp³-hybridized carbons (Fsp3) is 0.400. The maximum atomic E-state index is 13.4. The van der Waals surface area contributed by atoms with Gasteiger partial charge in [0.25, 0.3) is 0 Å². The monoisotopic (exact) mass is 236 g/mol. The van der Waals surface area contributed by atoms with Crippen LogP contribution < -0.4 is 0 Å². The average molecular weight is 237 g/mol. The minimum Gasteiger partial charge on any atom is -0.506 e. The van der Waals surface area contributed by atoms with Crippen molar-refractivity contribution in [2.75, 3.05) is 0 Å². The minimum atomic E-state index is -0.600. The van der Waals surface area contributed by atoms with E-state index in [1.807, 2.05) is 13.8 Å². The third-order valence-electron chi connectivity index (χ3n) is 2.14. The van der Waals surface area contributed by atoms with Gasteiger partial charge in [0.2, 0.25) is 0 Å². The molecule has 0 aliphatic heterocycles. The zero-order chi connectivity index (χ0) is 11.0. The lowest BCUT2D eigenvalue weighted by Gasteiger charge is -2.14. The fourth-order valence-electron chi connectivity index (χ4n) is 1.28. The van der Waals surface area contributed by atoms with Crippen LogP contribution in [0, 0.1) is 12.7 Å². The number of hydrogen-bond acceptors (Lipinski definition) is 1. The molecule has 0 radical (unpaired) electrons. The minimum absolute atomic E-state index is 0.000278. The molecule has 0 unspecified atom stereocenters. The first-order chi connectivity index (χ1) is 6.37. The fourth-order valence-corrected chi connectivity index (χ4v) is 2.24. The van der Waals surface area contributed by atoms with Crippen LogP contribution in [0.4, 0.5) is 4.39 Å². The molecule has 0 amide bonds. The smallest absolute Gasteiger partial charge is 0.148 e. The Morgan fingerprint density at radius 1 is 1.21 bits per heavy atom. The van der Waals surface area contributed by atoms with E-state index in [-0.39, 0.29) is 27.3 Å². The molecule has 1 aromatic carbocycles. The molecule has 0 atom stereocenters. The quantitative estimate of drug-likeness (QED) is 0.723. The molecule has 0 aliphatic rings. The Labute approximate surface area is 92.5 Å². The van der Waals surface area contributed by atoms with Gasteiger partial charge in [0.05, 0.1) is 10.0 Å². The molecular weight excluding hydrogens is 226 g/mol. The van der Waals surface area contributed by atoms with Gasteiger partial charge in [0.1, 0.15) is 11.6 Å². The Hall–Kier alpha value is -0.470. The van der Waals surface area contributed by atoms with Gasteiger partial charge in [-0.1, -0.05) is 37.0 Å². The van der Waals surface area contributed by atoms with Gasteiger partial charge < -0.3 is 5.11 Å². The van der Waals surface area contributed by atoms with Crippen LogP contribution >= 0.6 is 23.2 Å². The Morgan fingerprint density at radius 3 is 2.14 bits per heavy atom. The van der Waals surface area contributed by atoms with E-state index in [4.69, 9.17) is 23.2 Å². The second-order valence-electron chi connectivity index (χ2n) is 3.48. The van der Waals surface area contributed by atoms with E-state index in [0.717, 1.165) is 0 Å². The lowest BCUT2D eigenvalue weighted by atomic mass is 10.0. The van der Waals surface area contributed by atoms with Crippen molar-refractivity contribution in [3.63, 3.8) is 0 Å². The average Bonchev–Trinajstić information content (AvgIpc) is 2.11. The third kappa shape index (κ3) is 1.69. The van der Waals surface area contributed by atoms with Crippen molar-refractivity contribution in [1.29, 1.82) is 0 Å². The molecule has 1 nitrogen and oxygen atoms in total. The van der Waals surface area contributed by atoms with E-state index in [1.165, 1.54) is 6.92 Å². The van der Waals surface area contributed by atoms with Crippen molar-refractivity contribution in [3.05, 3.63) is 27.0 Å². The summed E-state index contributed by atoms with van der Waals surface area (Å²) in [5, 5.41) is 9.65. The summed E-state index contributed by atoms with van der Waals surface area (Å²) in [7, 11) is 0. The Kier molecular flexibility index (Phi) is 3.28.